The highest BCUT2D eigenvalue weighted by Crippen LogP contribution is 2.29. The minimum atomic E-state index is -2.05. The van der Waals surface area contributed by atoms with Gasteiger partial charge in [-0.3, -0.25) is 81.5 Å². The van der Waals surface area contributed by atoms with Gasteiger partial charge >= 0.3 is 11.9 Å². The molecule has 0 spiro atoms. The Hall–Kier alpha value is -12.6. The molecule has 1 saturated heterocycles. The van der Waals surface area contributed by atoms with Crippen molar-refractivity contribution in [2.24, 2.45) is 35.3 Å². The number of nitrogens with zero attached hydrogens (tertiary/aromatic N) is 2. The van der Waals surface area contributed by atoms with Crippen molar-refractivity contribution < 1.29 is 106 Å². The van der Waals surface area contributed by atoms with Crippen molar-refractivity contribution in [2.75, 3.05) is 59.3 Å². The number of quaternary nitrogens is 1. The van der Waals surface area contributed by atoms with Crippen LogP contribution in [0.4, 0.5) is 0 Å². The summed E-state index contributed by atoms with van der Waals surface area (Å²) >= 11 is 0.719. The number of phenols is 1. The second-order valence-corrected chi connectivity index (χ2v) is 39.2. The Morgan fingerprint density at radius 1 is 0.507 bits per heavy atom. The first-order chi connectivity index (χ1) is 65.2. The maximum atomic E-state index is 15.5. The number of carbonyl (C=O) groups excluding carboxylic acids is 15. The molecule has 756 valence electrons. The van der Waals surface area contributed by atoms with Gasteiger partial charge in [0.2, 0.25) is 88.6 Å². The lowest BCUT2D eigenvalue weighted by Gasteiger charge is -2.33. The molecule has 3 unspecified atom stereocenters. The largest absolute Gasteiger partial charge is 0.508 e. The monoisotopic (exact) mass is 1940 g/mol. The fourth-order valence-electron chi connectivity index (χ4n) is 16.3. The van der Waals surface area contributed by atoms with Crippen LogP contribution in [-0.4, -0.2) is 285 Å². The molecule has 2 heterocycles. The first-order valence-corrected chi connectivity index (χ1v) is 48.6. The Kier molecular flexibility index (Phi) is 44.4. The average Bonchev–Trinajstić information content (AvgIpc) is 1.61. The van der Waals surface area contributed by atoms with Gasteiger partial charge in [-0.1, -0.05) is 179 Å². The molecular weight excluding hydrogens is 1800 g/mol. The van der Waals surface area contributed by atoms with Crippen molar-refractivity contribution in [1.29, 1.82) is 0 Å². The third-order valence-electron chi connectivity index (χ3n) is 24.7. The summed E-state index contributed by atoms with van der Waals surface area (Å²) in [4.78, 5) is 253. The van der Waals surface area contributed by atoms with E-state index in [9.17, 15) is 68.4 Å². The molecule has 1 aromatic heterocycles. The number of nitrogens with two attached hydrogens (primary N) is 1. The lowest BCUT2D eigenvalue weighted by Crippen LogP contribution is -2.62. The summed E-state index contributed by atoms with van der Waals surface area (Å²) in [5.41, 5.74) is 9.72. The van der Waals surface area contributed by atoms with Crippen molar-refractivity contribution in [3.05, 3.63) is 126 Å². The second kappa shape index (κ2) is 54.5. The maximum Gasteiger partial charge on any atom is 0.322 e. The highest BCUT2D eigenvalue weighted by molar-refractivity contribution is 8.00. The maximum absolute atomic E-state index is 15.5. The van der Waals surface area contributed by atoms with Crippen LogP contribution in [0.5, 0.6) is 5.75 Å². The quantitative estimate of drug-likeness (QED) is 0.0252. The zero-order valence-corrected chi connectivity index (χ0v) is 82.2. The van der Waals surface area contributed by atoms with Crippen LogP contribution in [0.3, 0.4) is 0 Å². The number of aromatic hydroxyl groups is 1. The third-order valence-corrected chi connectivity index (χ3v) is 25.7. The van der Waals surface area contributed by atoms with Crippen LogP contribution < -0.4 is 80.2 Å². The lowest BCUT2D eigenvalue weighted by molar-refractivity contribution is -0.870. The van der Waals surface area contributed by atoms with Gasteiger partial charge in [0.15, 0.2) is 0 Å². The number of aliphatic carboxylic acids is 2. The number of likely N-dealkylation sites (N-methyl/N-ethyl adjacent to an activating group) is 1. The first-order valence-electron chi connectivity index (χ1n) is 47.4. The number of carboxylic acid groups (broad SMARTS) is 2. The Labute approximate surface area is 810 Å². The van der Waals surface area contributed by atoms with E-state index in [0.29, 0.717) is 57.9 Å². The number of thioether (sulfide) groups is 1. The normalized spacial score (nSPS) is 24.3. The van der Waals surface area contributed by atoms with Crippen molar-refractivity contribution in [3.8, 4) is 16.9 Å². The fraction of sp³-hybridized carbons (Fsp3) is 0.561. The number of benzene rings is 4. The zero-order chi connectivity index (χ0) is 102. The van der Waals surface area contributed by atoms with E-state index < -0.39 is 240 Å². The van der Waals surface area contributed by atoms with Crippen molar-refractivity contribution in [3.63, 3.8) is 0 Å². The molecule has 1 aliphatic heterocycles. The molecule has 16 atom stereocenters. The molecule has 15 amide bonds. The number of hydrogen-bond acceptors (Lipinski definition) is 21. The number of phenolic OH excluding ortho intramolecular Hbond substituents is 1. The number of aromatic nitrogens is 1. The molecule has 40 heteroatoms. The van der Waals surface area contributed by atoms with Gasteiger partial charge in [-0.2, -0.15) is 0 Å². The molecule has 1 saturated carbocycles. The Morgan fingerprint density at radius 2 is 0.978 bits per heavy atom. The van der Waals surface area contributed by atoms with Crippen LogP contribution in [0.25, 0.3) is 22.0 Å². The van der Waals surface area contributed by atoms with Gasteiger partial charge in [-0.05, 0) is 135 Å². The van der Waals surface area contributed by atoms with Crippen LogP contribution in [-0.2, 0) is 101 Å². The number of rotatable bonds is 28. The SMILES string of the molecule is CCC(C)[C@@H]1NC(=O)[C@H](Cc2ccc(-c3ccccc3)cc2)NC(=O)[C@H](C(C)C)NC(=O)[C@H](Cc2c[nH]c3ccccc23)NC(=O)[C@H](CC(=O)O)NC(=O)[C@H](Cc2ccc(O)cc2)NC(=O)[C@H](CCCC[N+](C)(C)C)NC(=O)CSCC(C(=O)NCC(=O)O)NC(=O)[C@H](C(C)O)NC(=O)[C@H](C(C)C)NC(=O)[C@H](CC2CCCCC2)NC(=O)[C@H](CCN)NC(=O)[C@@H](CC(C)C)NC(=O)[C@H](C)N(C)C1=O. The summed E-state index contributed by atoms with van der Waals surface area (Å²) in [6, 6.07) is 6.86. The summed E-state index contributed by atoms with van der Waals surface area (Å²) < 4.78 is 0.495. The van der Waals surface area contributed by atoms with Gasteiger partial charge in [-0.15, -0.1) is 11.8 Å². The van der Waals surface area contributed by atoms with Crippen molar-refractivity contribution >= 4 is 123 Å². The minimum absolute atomic E-state index is 0.00998. The average molecular weight is 1940 g/mol. The van der Waals surface area contributed by atoms with Gasteiger partial charge in [0, 0.05) is 49.2 Å². The highest BCUT2D eigenvalue weighted by atomic mass is 32.2. The number of aliphatic hydroxyl groups excluding tert-OH is 1. The second-order valence-electron chi connectivity index (χ2n) is 38.2. The molecule has 1 aliphatic carbocycles. The number of carbonyl (C=O) groups is 17. The van der Waals surface area contributed by atoms with E-state index in [2.05, 4.69) is 79.4 Å². The number of aliphatic hydroxyl groups is 1. The lowest BCUT2D eigenvalue weighted by atomic mass is 9.84. The zero-order valence-electron chi connectivity index (χ0n) is 81.4. The van der Waals surface area contributed by atoms with E-state index in [1.165, 1.54) is 38.2 Å². The number of carboxylic acids is 2. The molecule has 2 aliphatic rings. The fourth-order valence-corrected chi connectivity index (χ4v) is 17.2. The molecule has 5 aromatic rings. The number of hydrogen-bond donors (Lipinski definition) is 20. The van der Waals surface area contributed by atoms with Crippen LogP contribution in [0.1, 0.15) is 169 Å². The van der Waals surface area contributed by atoms with Gasteiger partial charge in [0.25, 0.3) is 0 Å². The Morgan fingerprint density at radius 3 is 1.54 bits per heavy atom. The number of H-pyrrole nitrogens is 1. The minimum Gasteiger partial charge on any atom is -0.508 e. The molecule has 4 aromatic carbocycles. The predicted octanol–water partition coefficient (Wildman–Crippen LogP) is 2.12. The Balaban J connectivity index is 1.33. The molecule has 2 fully saturated rings. The Bertz CT molecular complexity index is 4990. The number of amides is 15. The van der Waals surface area contributed by atoms with E-state index in [4.69, 9.17) is 5.73 Å². The molecule has 21 N–H and O–H groups in total. The van der Waals surface area contributed by atoms with Crippen LogP contribution in [0.2, 0.25) is 0 Å². The molecule has 138 heavy (non-hydrogen) atoms. The van der Waals surface area contributed by atoms with Gasteiger partial charge < -0.3 is 115 Å². The summed E-state index contributed by atoms with van der Waals surface area (Å²) in [6.07, 6.45) is 2.46. The summed E-state index contributed by atoms with van der Waals surface area (Å²) in [7, 11) is 7.14. The van der Waals surface area contributed by atoms with Crippen LogP contribution >= 0.6 is 11.8 Å². The topological polar surface area (TPSA) is 585 Å². The number of unbranched alkanes of at least 4 members (excludes halogenated alkanes) is 1. The molecule has 0 radical (unpaired) electrons. The van der Waals surface area contributed by atoms with Crippen LogP contribution in [0, 0.1) is 29.6 Å². The number of para-hydroxylation sites is 1. The number of fused-ring (bicyclic) bond motifs is 1. The number of aromatic amines is 1. The van der Waals surface area contributed by atoms with Gasteiger partial charge in [0.1, 0.15) is 96.9 Å². The summed E-state index contributed by atoms with van der Waals surface area (Å²) in [5, 5.41) is 79.4. The molecule has 7 rings (SSSR count). The van der Waals surface area contributed by atoms with Gasteiger partial charge in [0.05, 0.1) is 46.0 Å². The summed E-state index contributed by atoms with van der Waals surface area (Å²) in [5.74, 6) is -21.5. The van der Waals surface area contributed by atoms with Gasteiger partial charge in [-0.25, -0.2) is 0 Å². The van der Waals surface area contributed by atoms with Crippen molar-refractivity contribution in [2.45, 2.75) is 263 Å². The van der Waals surface area contributed by atoms with E-state index in [0.717, 1.165) is 54.0 Å². The van der Waals surface area contributed by atoms with Crippen LogP contribution in [0.15, 0.2) is 109 Å². The smallest absolute Gasteiger partial charge is 0.322 e. The standard InChI is InChI=1S/C98H142N18O21S/c1-15-57(8)83-98(137)115(11)58(9)85(124)104-71(44-54(2)3)89(128)103-70(41-42-99)88(127)106-73(45-60-26-18-16-19-27-60)92(131)112-82(56(6)7)96(135)114-84(59(10)117)97(136)110-77(86(125)101-51-80(122)123)52-138-53-78(119)102-69(32-24-25-43-116(12,13)14)87(126)105-72(47-62-35-39-66(118)40-36-62)90(129)108-76(49-79(120)121)91(130)107-75(48-65-50-100-68-31-23-22-30-67(65)68)94(133)111-81(55(4)5)95(134)109-74(93(132)113-83)46-61-33-37-64(38-34-61)63-28-20-17-21-29-63/h17,20-23,28-31,33-40,50,54-60,69-77,81-84,100,117H,15-16,18-19,24-27,32,41-49,51-53,99H2,1-14H3,(H16-,101,102,103,104,105,106,107,108,109,110,111,112,113,114,118,119,120,121,122,123,124,125,126,127,128,129,130,131,132,133,134,135,136)/p+1/t57?,58-,59?,69-,70-,71+,72-,73-,74-,75-,76-,77?,81-,82-,83-,84-/m0/s1. The molecule has 39 nitrogen and oxygen atoms in total. The van der Waals surface area contributed by atoms with E-state index in [-0.39, 0.29) is 75.5 Å². The molecule has 0 bridgehead atoms. The molecular formula is C98H143N18O21S+. The highest BCUT2D eigenvalue weighted by Gasteiger charge is 2.43. The van der Waals surface area contributed by atoms with E-state index >= 15 is 33.6 Å². The van der Waals surface area contributed by atoms with E-state index in [1.807, 2.05) is 63.6 Å². The predicted molar refractivity (Wildman–Crippen MR) is 519 cm³/mol. The summed E-state index contributed by atoms with van der Waals surface area (Å²) in [6.45, 7) is 15.4. The first kappa shape index (κ1) is 112. The third kappa shape index (κ3) is 35.8. The number of nitrogens with one attached hydrogen (secondary N) is 15. The van der Waals surface area contributed by atoms with Crippen molar-refractivity contribution in [1.82, 2.24) is 84.3 Å². The van der Waals surface area contributed by atoms with E-state index in [1.54, 1.807) is 98.0 Å².